The average Bonchev–Trinajstić information content (AvgIpc) is 2.43. The minimum atomic E-state index is 0.766. The summed E-state index contributed by atoms with van der Waals surface area (Å²) in [6, 6.07) is 2.41. The maximum absolute atomic E-state index is 3.32. The summed E-state index contributed by atoms with van der Waals surface area (Å²) in [6.45, 7) is 3.37. The smallest absolute Gasteiger partial charge is 0.00833 e. The molecule has 0 aromatic carbocycles. The molecule has 1 aliphatic rings. The van der Waals surface area contributed by atoms with Gasteiger partial charge in [-0.2, -0.15) is 0 Å². The molecule has 0 bridgehead atoms. The summed E-state index contributed by atoms with van der Waals surface area (Å²) in [7, 11) is 2.06. The lowest BCUT2D eigenvalue weighted by molar-refractivity contribution is 0.565. The summed E-state index contributed by atoms with van der Waals surface area (Å²) < 4.78 is 0. The number of rotatable bonds is 2. The van der Waals surface area contributed by atoms with E-state index in [0.717, 1.165) is 12.5 Å². The van der Waals surface area contributed by atoms with Gasteiger partial charge in [-0.25, -0.2) is 0 Å². The molecule has 2 rings (SSSR count). The number of aryl methyl sites for hydroxylation is 2. The zero-order chi connectivity index (χ0) is 9.97. The molecule has 2 heteroatoms. The minimum absolute atomic E-state index is 0.766. The van der Waals surface area contributed by atoms with E-state index in [1.807, 2.05) is 11.3 Å². The van der Waals surface area contributed by atoms with E-state index in [-0.39, 0.29) is 0 Å². The van der Waals surface area contributed by atoms with Crippen molar-refractivity contribution in [1.29, 1.82) is 0 Å². The average molecular weight is 209 g/mol. The molecule has 1 unspecified atom stereocenters. The first-order valence-corrected chi connectivity index (χ1v) is 6.36. The van der Waals surface area contributed by atoms with Gasteiger partial charge in [0, 0.05) is 16.3 Å². The highest BCUT2D eigenvalue weighted by Gasteiger charge is 2.19. The van der Waals surface area contributed by atoms with E-state index in [9.17, 15) is 0 Å². The number of fused-ring (bicyclic) bond motifs is 1. The van der Waals surface area contributed by atoms with Gasteiger partial charge >= 0.3 is 0 Å². The lowest BCUT2D eigenvalue weighted by atomic mass is 9.96. The molecule has 1 atom stereocenters. The largest absolute Gasteiger partial charge is 0.319 e. The van der Waals surface area contributed by atoms with E-state index < -0.39 is 0 Å². The molecule has 1 aromatic rings. The molecule has 78 valence electrons. The molecule has 14 heavy (non-hydrogen) atoms. The van der Waals surface area contributed by atoms with Crippen molar-refractivity contribution >= 4 is 11.3 Å². The summed E-state index contributed by atoms with van der Waals surface area (Å²) in [5, 5.41) is 3.32. The molecule has 0 spiro atoms. The second kappa shape index (κ2) is 4.45. The third kappa shape index (κ3) is 2.01. The Bertz CT molecular complexity index is 303. The van der Waals surface area contributed by atoms with Gasteiger partial charge in [-0.3, -0.25) is 0 Å². The van der Waals surface area contributed by atoms with Crippen LogP contribution in [0.5, 0.6) is 0 Å². The Balaban J connectivity index is 2.26. The minimum Gasteiger partial charge on any atom is -0.319 e. The Morgan fingerprint density at radius 2 is 2.36 bits per heavy atom. The van der Waals surface area contributed by atoms with E-state index in [2.05, 4.69) is 25.4 Å². The van der Waals surface area contributed by atoms with Gasteiger partial charge in [0.25, 0.3) is 0 Å². The van der Waals surface area contributed by atoms with Crippen LogP contribution in [0.4, 0.5) is 0 Å². The number of hydrogen-bond donors (Lipinski definition) is 1. The van der Waals surface area contributed by atoms with E-state index in [1.165, 1.54) is 30.6 Å². The van der Waals surface area contributed by atoms with Crippen molar-refractivity contribution in [3.05, 3.63) is 21.4 Å². The van der Waals surface area contributed by atoms with Crippen LogP contribution in [0.2, 0.25) is 0 Å². The molecule has 1 aliphatic carbocycles. The Hall–Kier alpha value is -0.340. The first-order chi connectivity index (χ1) is 6.81. The third-order valence-electron chi connectivity index (χ3n) is 3.06. The van der Waals surface area contributed by atoms with Crippen molar-refractivity contribution in [3.63, 3.8) is 0 Å². The number of hydrogen-bond acceptors (Lipinski definition) is 2. The molecular weight excluding hydrogens is 190 g/mol. The van der Waals surface area contributed by atoms with Crippen LogP contribution in [-0.4, -0.2) is 13.6 Å². The number of nitrogens with one attached hydrogen (secondary N) is 1. The molecule has 0 saturated carbocycles. The summed E-state index contributed by atoms with van der Waals surface area (Å²) in [6.07, 6.45) is 5.46. The van der Waals surface area contributed by atoms with Crippen molar-refractivity contribution in [3.8, 4) is 0 Å². The SMILES string of the molecule is CNCC1CCCCc2sc(C)cc21. The van der Waals surface area contributed by atoms with Gasteiger partial charge in [0.1, 0.15) is 0 Å². The molecule has 1 nitrogen and oxygen atoms in total. The van der Waals surface area contributed by atoms with Crippen LogP contribution >= 0.6 is 11.3 Å². The van der Waals surface area contributed by atoms with Gasteiger partial charge in [-0.15, -0.1) is 11.3 Å². The number of thiophene rings is 1. The summed E-state index contributed by atoms with van der Waals surface area (Å²) in [4.78, 5) is 3.14. The Kier molecular flexibility index (Phi) is 3.24. The summed E-state index contributed by atoms with van der Waals surface area (Å²) in [5.41, 5.74) is 1.64. The first kappa shape index (κ1) is 10.2. The van der Waals surface area contributed by atoms with Gasteiger partial charge in [0.15, 0.2) is 0 Å². The van der Waals surface area contributed by atoms with Crippen molar-refractivity contribution in [2.45, 2.75) is 38.5 Å². The van der Waals surface area contributed by atoms with E-state index >= 15 is 0 Å². The highest BCUT2D eigenvalue weighted by atomic mass is 32.1. The molecule has 0 radical (unpaired) electrons. The van der Waals surface area contributed by atoms with E-state index in [1.54, 1.807) is 10.4 Å². The Labute approximate surface area is 90.5 Å². The highest BCUT2D eigenvalue weighted by molar-refractivity contribution is 7.12. The predicted octanol–water partition coefficient (Wildman–Crippen LogP) is 3.09. The molecule has 1 heterocycles. The zero-order valence-electron chi connectivity index (χ0n) is 9.10. The topological polar surface area (TPSA) is 12.0 Å². The normalized spacial score (nSPS) is 21.7. The van der Waals surface area contributed by atoms with Gasteiger partial charge in [-0.1, -0.05) is 6.42 Å². The molecule has 1 aromatic heterocycles. The van der Waals surface area contributed by atoms with Crippen LogP contribution in [0.3, 0.4) is 0 Å². The molecule has 0 fully saturated rings. The lowest BCUT2D eigenvalue weighted by Crippen LogP contribution is -2.16. The lowest BCUT2D eigenvalue weighted by Gasteiger charge is -2.13. The van der Waals surface area contributed by atoms with Gasteiger partial charge in [-0.05, 0) is 50.8 Å². The van der Waals surface area contributed by atoms with Crippen molar-refractivity contribution in [1.82, 2.24) is 5.32 Å². The molecule has 0 amide bonds. The van der Waals surface area contributed by atoms with Crippen molar-refractivity contribution in [2.75, 3.05) is 13.6 Å². The first-order valence-electron chi connectivity index (χ1n) is 5.55. The molecule has 0 aliphatic heterocycles. The van der Waals surface area contributed by atoms with Crippen molar-refractivity contribution < 1.29 is 0 Å². The van der Waals surface area contributed by atoms with Gasteiger partial charge < -0.3 is 5.32 Å². The maximum Gasteiger partial charge on any atom is 0.00833 e. The number of likely N-dealkylation sites (N-methyl/N-ethyl adjacent to an activating group) is 1. The van der Waals surface area contributed by atoms with Crippen LogP contribution in [-0.2, 0) is 6.42 Å². The fourth-order valence-electron chi connectivity index (χ4n) is 2.41. The second-order valence-corrected chi connectivity index (χ2v) is 5.58. The highest BCUT2D eigenvalue weighted by Crippen LogP contribution is 2.35. The standard InChI is InChI=1S/C12H19NS/c1-9-7-11-10(8-13-2)5-3-4-6-12(11)14-9/h7,10,13H,3-6,8H2,1-2H3. The second-order valence-electron chi connectivity index (χ2n) is 4.24. The Morgan fingerprint density at radius 1 is 1.50 bits per heavy atom. The van der Waals surface area contributed by atoms with Gasteiger partial charge in [0.05, 0.1) is 0 Å². The van der Waals surface area contributed by atoms with Crippen LogP contribution in [0.25, 0.3) is 0 Å². The van der Waals surface area contributed by atoms with Crippen LogP contribution < -0.4 is 5.32 Å². The quantitative estimate of drug-likeness (QED) is 0.738. The zero-order valence-corrected chi connectivity index (χ0v) is 9.91. The molecule has 0 saturated heterocycles. The summed E-state index contributed by atoms with van der Waals surface area (Å²) in [5.74, 6) is 0.766. The fraction of sp³-hybridized carbons (Fsp3) is 0.667. The third-order valence-corrected chi connectivity index (χ3v) is 4.19. The van der Waals surface area contributed by atoms with Crippen LogP contribution in [0, 0.1) is 6.92 Å². The Morgan fingerprint density at radius 3 is 3.14 bits per heavy atom. The van der Waals surface area contributed by atoms with Gasteiger partial charge in [0.2, 0.25) is 0 Å². The maximum atomic E-state index is 3.32. The van der Waals surface area contributed by atoms with Crippen LogP contribution in [0.15, 0.2) is 6.07 Å². The monoisotopic (exact) mass is 209 g/mol. The van der Waals surface area contributed by atoms with E-state index in [4.69, 9.17) is 0 Å². The predicted molar refractivity (Wildman–Crippen MR) is 63.3 cm³/mol. The summed E-state index contributed by atoms with van der Waals surface area (Å²) >= 11 is 2.01. The fourth-order valence-corrected chi connectivity index (χ4v) is 3.58. The molecule has 1 N–H and O–H groups in total. The van der Waals surface area contributed by atoms with Crippen molar-refractivity contribution in [2.24, 2.45) is 0 Å². The molecular formula is C12H19NS. The van der Waals surface area contributed by atoms with E-state index in [0.29, 0.717) is 0 Å². The van der Waals surface area contributed by atoms with Crippen LogP contribution in [0.1, 0.15) is 40.5 Å².